The van der Waals surface area contributed by atoms with Gasteiger partial charge in [-0.15, -0.1) is 0 Å². The third kappa shape index (κ3) is 1.10. The second-order valence-corrected chi connectivity index (χ2v) is 1.35. The number of hydrogen-bond donors (Lipinski definition) is 0. The Bertz CT molecular complexity index is 154. The minimum absolute atomic E-state index is 0.557. The van der Waals surface area contributed by atoms with Crippen LogP contribution in [0.5, 0.6) is 5.75 Å². The molecule has 2 nitrogen and oxygen atoms in total. The quantitative estimate of drug-likeness (QED) is 0.571. The number of aromatic nitrogens is 1. The fourth-order valence-corrected chi connectivity index (χ4v) is 0.447. The lowest BCUT2D eigenvalue weighted by Crippen LogP contribution is -1.73. The van der Waals surface area contributed by atoms with Gasteiger partial charge in [-0.3, -0.25) is 4.98 Å². The summed E-state index contributed by atoms with van der Waals surface area (Å²) in [6, 6.07) is 3.19. The lowest BCUT2D eigenvalue weighted by Gasteiger charge is -1.88. The summed E-state index contributed by atoms with van der Waals surface area (Å²) in [5.74, 6) is 0.557. The molecule has 1 heterocycles. The number of nitrogens with zero attached hydrogens (tertiary/aromatic N) is 1. The van der Waals surface area contributed by atoms with E-state index in [4.69, 9.17) is 11.9 Å². The van der Waals surface area contributed by atoms with Gasteiger partial charge >= 0.3 is 0 Å². The zero-order chi connectivity index (χ0) is 5.82. The maximum atomic E-state index is 4.98. The van der Waals surface area contributed by atoms with Gasteiger partial charge in [0, 0.05) is 18.3 Å². The molecule has 0 aliphatic carbocycles. The Morgan fingerprint density at radius 3 is 3.00 bits per heavy atom. The van der Waals surface area contributed by atoms with Gasteiger partial charge in [0.25, 0.3) is 0 Å². The van der Waals surface area contributed by atoms with Crippen molar-refractivity contribution in [2.45, 2.75) is 0 Å². The van der Waals surface area contributed by atoms with Gasteiger partial charge in [0.15, 0.2) is 0 Å². The highest BCUT2D eigenvalue weighted by atomic mass is 35.5. The first-order chi connectivity index (χ1) is 3.93. The average Bonchev–Trinajstić information content (AvgIpc) is 1.90. The Morgan fingerprint density at radius 1 is 1.75 bits per heavy atom. The fraction of sp³-hybridized carbons (Fsp3) is 0. The summed E-state index contributed by atoms with van der Waals surface area (Å²) in [5.41, 5.74) is 0. The molecule has 3 heteroatoms. The summed E-state index contributed by atoms with van der Waals surface area (Å²) in [4.78, 5) is 3.63. The van der Waals surface area contributed by atoms with Gasteiger partial charge in [-0.25, -0.2) is 0 Å². The Labute approximate surface area is 52.2 Å². The minimum Gasteiger partial charge on any atom is -0.385 e. The molecule has 0 aliphatic rings. The van der Waals surface area contributed by atoms with Gasteiger partial charge in [-0.05, 0) is 0 Å². The van der Waals surface area contributed by atoms with Crippen LogP contribution in [-0.2, 0) is 0 Å². The molecule has 0 fully saturated rings. The summed E-state index contributed by atoms with van der Waals surface area (Å²) in [6.07, 6.45) is 4.11. The minimum atomic E-state index is 0.557. The molecule has 0 saturated carbocycles. The van der Waals surface area contributed by atoms with Crippen LogP contribution < -0.4 is 4.29 Å². The van der Waals surface area contributed by atoms with Crippen LogP contribution in [0.4, 0.5) is 0 Å². The lowest BCUT2D eigenvalue weighted by atomic mass is 10.5. The van der Waals surface area contributed by atoms with Crippen LogP contribution in [0, 0.1) is 6.20 Å². The van der Waals surface area contributed by atoms with Crippen LogP contribution >= 0.6 is 11.9 Å². The third-order valence-corrected chi connectivity index (χ3v) is 0.862. The van der Waals surface area contributed by atoms with Crippen molar-refractivity contribution in [1.82, 2.24) is 4.98 Å². The maximum Gasteiger partial charge on any atom is 0.150 e. The van der Waals surface area contributed by atoms with E-state index in [1.54, 1.807) is 18.3 Å². The SMILES string of the molecule is ClOc1c[c]ncc1. The Kier molecular flexibility index (Phi) is 1.70. The molecule has 0 saturated heterocycles. The Morgan fingerprint density at radius 2 is 2.62 bits per heavy atom. The van der Waals surface area contributed by atoms with Crippen LogP contribution in [0.15, 0.2) is 18.3 Å². The number of halogens is 1. The summed E-state index contributed by atoms with van der Waals surface area (Å²) >= 11 is 4.98. The largest absolute Gasteiger partial charge is 0.385 e. The molecule has 1 rings (SSSR count). The molecule has 1 radical (unpaired) electrons. The second kappa shape index (κ2) is 2.52. The predicted molar refractivity (Wildman–Crippen MR) is 29.6 cm³/mol. The standard InChI is InChI=1S/C5H3ClNO/c6-8-5-1-3-7-4-2-5/h1-3H. The molecule has 8 heavy (non-hydrogen) atoms. The fourth-order valence-electron chi connectivity index (χ4n) is 0.351. The smallest absolute Gasteiger partial charge is 0.150 e. The normalized spacial score (nSPS) is 8.62. The summed E-state index contributed by atoms with van der Waals surface area (Å²) in [5, 5.41) is 0. The first-order valence-electron chi connectivity index (χ1n) is 2.04. The van der Waals surface area contributed by atoms with Gasteiger partial charge < -0.3 is 4.29 Å². The van der Waals surface area contributed by atoms with E-state index in [0.29, 0.717) is 5.75 Å². The van der Waals surface area contributed by atoms with E-state index in [-0.39, 0.29) is 0 Å². The molecule has 0 bridgehead atoms. The number of hydrogen-bond acceptors (Lipinski definition) is 2. The van der Waals surface area contributed by atoms with Crippen LogP contribution in [0.1, 0.15) is 0 Å². The molecule has 0 amide bonds. The Balaban J connectivity index is 2.83. The van der Waals surface area contributed by atoms with Gasteiger partial charge in [0.1, 0.15) is 17.6 Å². The molecule has 0 N–H and O–H groups in total. The summed E-state index contributed by atoms with van der Waals surface area (Å²) < 4.78 is 4.32. The Hall–Kier alpha value is -0.760. The molecule has 0 atom stereocenters. The van der Waals surface area contributed by atoms with E-state index in [0.717, 1.165) is 0 Å². The van der Waals surface area contributed by atoms with Crippen LogP contribution in [0.25, 0.3) is 0 Å². The van der Waals surface area contributed by atoms with Gasteiger partial charge in [-0.1, -0.05) is 0 Å². The average molecular weight is 129 g/mol. The molecule has 41 valence electrons. The van der Waals surface area contributed by atoms with Crippen molar-refractivity contribution < 1.29 is 4.29 Å². The number of rotatable bonds is 1. The lowest BCUT2D eigenvalue weighted by molar-refractivity contribution is 0.617. The molecule has 0 aromatic carbocycles. The zero-order valence-corrected chi connectivity index (χ0v) is 4.72. The molecule has 1 aromatic heterocycles. The maximum absolute atomic E-state index is 4.98. The second-order valence-electron chi connectivity index (χ2n) is 1.20. The number of pyridine rings is 1. The van der Waals surface area contributed by atoms with E-state index in [1.807, 2.05) is 0 Å². The first-order valence-corrected chi connectivity index (χ1v) is 2.35. The summed E-state index contributed by atoms with van der Waals surface area (Å²) in [6.45, 7) is 0. The van der Waals surface area contributed by atoms with E-state index >= 15 is 0 Å². The molecule has 0 aliphatic heterocycles. The van der Waals surface area contributed by atoms with E-state index < -0.39 is 0 Å². The van der Waals surface area contributed by atoms with Gasteiger partial charge in [0.05, 0.1) is 6.20 Å². The van der Waals surface area contributed by atoms with Gasteiger partial charge in [0.2, 0.25) is 0 Å². The van der Waals surface area contributed by atoms with Crippen molar-refractivity contribution >= 4 is 11.9 Å². The molecular formula is C5H3ClNO. The van der Waals surface area contributed by atoms with Crippen LogP contribution in [-0.4, -0.2) is 4.98 Å². The van der Waals surface area contributed by atoms with E-state index in [2.05, 4.69) is 15.5 Å². The first kappa shape index (κ1) is 5.38. The monoisotopic (exact) mass is 128 g/mol. The van der Waals surface area contributed by atoms with Crippen molar-refractivity contribution in [2.24, 2.45) is 0 Å². The van der Waals surface area contributed by atoms with Crippen molar-refractivity contribution in [3.63, 3.8) is 0 Å². The van der Waals surface area contributed by atoms with Gasteiger partial charge in [-0.2, -0.15) is 0 Å². The third-order valence-electron chi connectivity index (χ3n) is 0.684. The van der Waals surface area contributed by atoms with Crippen LogP contribution in [0.2, 0.25) is 0 Å². The predicted octanol–water partition coefficient (Wildman–Crippen LogP) is 1.41. The highest BCUT2D eigenvalue weighted by molar-refractivity contribution is 6.09. The molecule has 0 spiro atoms. The van der Waals surface area contributed by atoms with Crippen molar-refractivity contribution in [1.29, 1.82) is 0 Å². The van der Waals surface area contributed by atoms with Crippen molar-refractivity contribution in [2.75, 3.05) is 0 Å². The van der Waals surface area contributed by atoms with E-state index in [1.165, 1.54) is 0 Å². The molecule has 0 unspecified atom stereocenters. The molecule has 1 aromatic rings. The summed E-state index contributed by atoms with van der Waals surface area (Å²) in [7, 11) is 0. The van der Waals surface area contributed by atoms with Crippen molar-refractivity contribution in [3.8, 4) is 5.75 Å². The topological polar surface area (TPSA) is 22.1 Å². The highest BCUT2D eigenvalue weighted by Crippen LogP contribution is 2.06. The zero-order valence-electron chi connectivity index (χ0n) is 3.97. The van der Waals surface area contributed by atoms with Crippen molar-refractivity contribution in [3.05, 3.63) is 24.5 Å². The molecular weight excluding hydrogens is 126 g/mol. The van der Waals surface area contributed by atoms with Crippen LogP contribution in [0.3, 0.4) is 0 Å². The highest BCUT2D eigenvalue weighted by Gasteiger charge is 1.84. The van der Waals surface area contributed by atoms with E-state index in [9.17, 15) is 0 Å².